The number of imidazole rings is 1. The van der Waals surface area contributed by atoms with Crippen molar-refractivity contribution in [2.45, 2.75) is 52.7 Å². The van der Waals surface area contributed by atoms with Crippen molar-refractivity contribution in [2.75, 3.05) is 0 Å². The third-order valence-electron chi connectivity index (χ3n) is 4.24. The van der Waals surface area contributed by atoms with E-state index < -0.39 is 7.12 Å². The summed E-state index contributed by atoms with van der Waals surface area (Å²) in [5, 5.41) is 4.57. The van der Waals surface area contributed by atoms with E-state index in [-0.39, 0.29) is 11.2 Å². The van der Waals surface area contributed by atoms with E-state index in [1.807, 2.05) is 53.8 Å². The maximum Gasteiger partial charge on any atom is 0.516 e. The molecule has 3 rings (SSSR count). The molecule has 0 bridgehead atoms. The van der Waals surface area contributed by atoms with Gasteiger partial charge in [0.25, 0.3) is 0 Å². The molecule has 0 unspecified atom stereocenters. The van der Waals surface area contributed by atoms with Crippen LogP contribution in [-0.4, -0.2) is 32.9 Å². The molecule has 2 aromatic heterocycles. The lowest BCUT2D eigenvalue weighted by atomic mass is 9.84. The monoisotopic (exact) mass is 273 g/mol. The van der Waals surface area contributed by atoms with Gasteiger partial charge in [-0.15, -0.1) is 0 Å². The first-order valence-corrected chi connectivity index (χ1v) is 6.89. The van der Waals surface area contributed by atoms with Gasteiger partial charge >= 0.3 is 7.12 Å². The fourth-order valence-electron chi connectivity index (χ4n) is 2.35. The average Bonchev–Trinajstić information content (AvgIpc) is 2.77. The zero-order valence-electron chi connectivity index (χ0n) is 12.9. The summed E-state index contributed by atoms with van der Waals surface area (Å²) in [7, 11) is -0.439. The van der Waals surface area contributed by atoms with E-state index in [4.69, 9.17) is 9.31 Å². The summed E-state index contributed by atoms with van der Waals surface area (Å²) < 4.78 is 13.9. The molecule has 20 heavy (non-hydrogen) atoms. The maximum atomic E-state index is 6.04. The highest BCUT2D eigenvalue weighted by atomic mass is 16.7. The third kappa shape index (κ3) is 1.94. The van der Waals surface area contributed by atoms with Crippen molar-refractivity contribution >= 4 is 18.4 Å². The zero-order valence-corrected chi connectivity index (χ0v) is 12.9. The van der Waals surface area contributed by atoms with Crippen molar-refractivity contribution in [2.24, 2.45) is 0 Å². The van der Waals surface area contributed by atoms with E-state index >= 15 is 0 Å². The van der Waals surface area contributed by atoms with Crippen LogP contribution in [0.1, 0.15) is 39.0 Å². The second-order valence-electron chi connectivity index (χ2n) is 6.49. The van der Waals surface area contributed by atoms with Gasteiger partial charge in [0.1, 0.15) is 0 Å². The molecule has 0 N–H and O–H groups in total. The minimum absolute atomic E-state index is 0.354. The third-order valence-corrected chi connectivity index (χ3v) is 4.24. The van der Waals surface area contributed by atoms with Crippen molar-refractivity contribution in [3.8, 4) is 0 Å². The fourth-order valence-corrected chi connectivity index (χ4v) is 2.35. The van der Waals surface area contributed by atoms with Crippen molar-refractivity contribution < 1.29 is 9.31 Å². The molecule has 0 atom stereocenters. The number of hydrogen-bond acceptors (Lipinski definition) is 4. The van der Waals surface area contributed by atoms with E-state index in [1.54, 1.807) is 4.52 Å². The van der Waals surface area contributed by atoms with Crippen LogP contribution in [0.5, 0.6) is 0 Å². The van der Waals surface area contributed by atoms with Crippen molar-refractivity contribution in [3.05, 3.63) is 23.5 Å². The van der Waals surface area contributed by atoms with Gasteiger partial charge in [0.05, 0.1) is 28.7 Å². The Balaban J connectivity index is 2.04. The minimum atomic E-state index is -0.439. The number of rotatable bonds is 1. The number of aromatic nitrogens is 3. The summed E-state index contributed by atoms with van der Waals surface area (Å²) in [6, 6.07) is 1.99. The van der Waals surface area contributed by atoms with E-state index in [1.165, 1.54) is 0 Å². The Morgan fingerprint density at radius 2 is 1.70 bits per heavy atom. The molecule has 5 nitrogen and oxygen atoms in total. The molecule has 0 aliphatic carbocycles. The number of fused-ring (bicyclic) bond motifs is 1. The largest absolute Gasteiger partial charge is 0.516 e. The normalized spacial score (nSPS) is 20.8. The number of hydrogen-bond donors (Lipinski definition) is 0. The molecule has 6 heteroatoms. The molecule has 0 saturated carbocycles. The summed E-state index contributed by atoms with van der Waals surface area (Å²) in [5.41, 5.74) is 2.97. The molecule has 1 aliphatic rings. The van der Waals surface area contributed by atoms with Gasteiger partial charge in [-0.3, -0.25) is 0 Å². The molecule has 1 aliphatic heterocycles. The van der Waals surface area contributed by atoms with Gasteiger partial charge in [0.2, 0.25) is 0 Å². The van der Waals surface area contributed by atoms with Crippen LogP contribution < -0.4 is 5.59 Å². The second-order valence-corrected chi connectivity index (χ2v) is 6.49. The number of aryl methyl sites for hydroxylation is 2. The number of nitrogens with zero attached hydrogens (tertiary/aromatic N) is 3. The Labute approximate surface area is 119 Å². The van der Waals surface area contributed by atoms with Gasteiger partial charge in [-0.1, -0.05) is 0 Å². The molecular formula is C14H20BN3O2. The van der Waals surface area contributed by atoms with Gasteiger partial charge in [-0.25, -0.2) is 9.50 Å². The van der Waals surface area contributed by atoms with E-state index in [0.29, 0.717) is 0 Å². The van der Waals surface area contributed by atoms with Crippen molar-refractivity contribution in [1.82, 2.24) is 14.6 Å². The summed E-state index contributed by atoms with van der Waals surface area (Å²) >= 11 is 0. The van der Waals surface area contributed by atoms with Crippen LogP contribution in [0.4, 0.5) is 0 Å². The predicted octanol–water partition coefficient (Wildman–Crippen LogP) is 1.65. The second kappa shape index (κ2) is 4.05. The minimum Gasteiger partial charge on any atom is -0.398 e. The zero-order chi connectivity index (χ0) is 14.7. The van der Waals surface area contributed by atoms with E-state index in [0.717, 1.165) is 22.5 Å². The van der Waals surface area contributed by atoms with Gasteiger partial charge in [0.15, 0.2) is 5.65 Å². The molecule has 0 aromatic carbocycles. The topological polar surface area (TPSA) is 48.7 Å². The molecule has 1 fully saturated rings. The quantitative estimate of drug-likeness (QED) is 0.741. The van der Waals surface area contributed by atoms with Crippen LogP contribution in [0.15, 0.2) is 12.3 Å². The van der Waals surface area contributed by atoms with Crippen molar-refractivity contribution in [1.29, 1.82) is 0 Å². The molecule has 1 saturated heterocycles. The summed E-state index contributed by atoms with van der Waals surface area (Å²) in [5.74, 6) is 0. The Morgan fingerprint density at radius 1 is 1.10 bits per heavy atom. The first-order chi connectivity index (χ1) is 9.19. The lowest BCUT2D eigenvalue weighted by Gasteiger charge is -2.32. The Morgan fingerprint density at radius 3 is 2.30 bits per heavy atom. The molecule has 3 heterocycles. The first kappa shape index (κ1) is 13.6. The summed E-state index contributed by atoms with van der Waals surface area (Å²) in [6.45, 7) is 12.2. The Kier molecular flexibility index (Phi) is 2.75. The molecule has 106 valence electrons. The molecule has 0 spiro atoms. The average molecular weight is 273 g/mol. The Hall–Kier alpha value is -1.40. The van der Waals surface area contributed by atoms with Crippen LogP contribution in [0.2, 0.25) is 0 Å². The van der Waals surface area contributed by atoms with Crippen LogP contribution in [0.25, 0.3) is 5.65 Å². The predicted molar refractivity (Wildman–Crippen MR) is 78.2 cm³/mol. The molecule has 0 radical (unpaired) electrons. The SMILES string of the molecule is Cc1cn2nc(B3OC(C)(C)C(C)(C)O3)cc(C)c2n1. The smallest absolute Gasteiger partial charge is 0.398 e. The van der Waals surface area contributed by atoms with Crippen LogP contribution in [0, 0.1) is 13.8 Å². The Bertz CT molecular complexity index is 662. The van der Waals surface area contributed by atoms with Crippen LogP contribution >= 0.6 is 0 Å². The van der Waals surface area contributed by atoms with E-state index in [2.05, 4.69) is 10.1 Å². The highest BCUT2D eigenvalue weighted by Gasteiger charge is 2.52. The highest BCUT2D eigenvalue weighted by molar-refractivity contribution is 6.61. The first-order valence-electron chi connectivity index (χ1n) is 6.89. The van der Waals surface area contributed by atoms with Crippen molar-refractivity contribution in [3.63, 3.8) is 0 Å². The summed E-state index contributed by atoms with van der Waals surface area (Å²) in [6.07, 6.45) is 1.91. The van der Waals surface area contributed by atoms with Crippen LogP contribution in [-0.2, 0) is 9.31 Å². The van der Waals surface area contributed by atoms with Gasteiger partial charge in [-0.05, 0) is 53.2 Å². The standard InChI is InChI=1S/C14H20BN3O2/c1-9-7-11(17-18-8-10(2)16-12(9)18)15-19-13(3,4)14(5,6)20-15/h7-8H,1-6H3. The van der Waals surface area contributed by atoms with Gasteiger partial charge < -0.3 is 9.31 Å². The molecule has 2 aromatic rings. The lowest BCUT2D eigenvalue weighted by molar-refractivity contribution is 0.00578. The molecular weight excluding hydrogens is 253 g/mol. The maximum absolute atomic E-state index is 6.04. The summed E-state index contributed by atoms with van der Waals surface area (Å²) in [4.78, 5) is 4.46. The van der Waals surface area contributed by atoms with Gasteiger partial charge in [0, 0.05) is 0 Å². The van der Waals surface area contributed by atoms with Gasteiger partial charge in [-0.2, -0.15) is 5.10 Å². The van der Waals surface area contributed by atoms with Crippen LogP contribution in [0.3, 0.4) is 0 Å². The molecule has 0 amide bonds. The lowest BCUT2D eigenvalue weighted by Crippen LogP contribution is -2.41. The van der Waals surface area contributed by atoms with E-state index in [9.17, 15) is 0 Å². The highest BCUT2D eigenvalue weighted by Crippen LogP contribution is 2.36. The fraction of sp³-hybridized carbons (Fsp3) is 0.571.